The average molecular weight is 384 g/mol. The molecule has 4 rings (SSSR count). The molecule has 2 atom stereocenters. The molecular formula is C22H26NO5+. The third-order valence-corrected chi connectivity index (χ3v) is 5.69. The Labute approximate surface area is 165 Å². The highest BCUT2D eigenvalue weighted by Gasteiger charge is 2.37. The van der Waals surface area contributed by atoms with Gasteiger partial charge < -0.3 is 23.8 Å². The molecule has 0 aliphatic carbocycles. The number of Topliss-reactive ketones (excluding diaryl/α,β-unsaturated/α-hetero) is 1. The van der Waals surface area contributed by atoms with Crippen LogP contribution in [0, 0.1) is 0 Å². The fourth-order valence-electron chi connectivity index (χ4n) is 4.26. The van der Waals surface area contributed by atoms with E-state index in [1.807, 2.05) is 30.3 Å². The van der Waals surface area contributed by atoms with Crippen LogP contribution in [0.3, 0.4) is 0 Å². The van der Waals surface area contributed by atoms with Gasteiger partial charge in [0, 0.05) is 18.4 Å². The minimum absolute atomic E-state index is 0.0235. The second-order valence-electron chi connectivity index (χ2n) is 7.35. The Morgan fingerprint density at radius 2 is 2.04 bits per heavy atom. The van der Waals surface area contributed by atoms with E-state index < -0.39 is 0 Å². The molecule has 2 aliphatic heterocycles. The van der Waals surface area contributed by atoms with Gasteiger partial charge in [-0.2, -0.15) is 0 Å². The molecule has 0 saturated heterocycles. The summed E-state index contributed by atoms with van der Waals surface area (Å²) in [5.74, 6) is 3.02. The molecule has 148 valence electrons. The van der Waals surface area contributed by atoms with E-state index in [4.69, 9.17) is 18.9 Å². The van der Waals surface area contributed by atoms with E-state index in [0.717, 1.165) is 35.6 Å². The standard InChI is InChI=1S/C22H25NO5/c1-23-9-8-15-11-19-21(28-13-27-19)22(26-3)20(15)17(23)12-16(24)10-14-6-4-5-7-18(14)25-2/h4-7,11,17H,8-10,12-13H2,1-3H3/p+1/t17-/m1/s1. The maximum atomic E-state index is 13.0. The molecular weight excluding hydrogens is 358 g/mol. The van der Waals surface area contributed by atoms with Gasteiger partial charge in [-0.05, 0) is 17.7 Å². The maximum absolute atomic E-state index is 13.0. The van der Waals surface area contributed by atoms with Gasteiger partial charge in [-0.1, -0.05) is 18.2 Å². The van der Waals surface area contributed by atoms with Crippen molar-refractivity contribution in [2.24, 2.45) is 0 Å². The highest BCUT2D eigenvalue weighted by atomic mass is 16.7. The summed E-state index contributed by atoms with van der Waals surface area (Å²) in [6.45, 7) is 1.16. The summed E-state index contributed by atoms with van der Waals surface area (Å²) in [4.78, 5) is 14.3. The van der Waals surface area contributed by atoms with E-state index >= 15 is 0 Å². The lowest BCUT2D eigenvalue weighted by Crippen LogP contribution is -3.10. The van der Waals surface area contributed by atoms with Gasteiger partial charge in [0.25, 0.3) is 0 Å². The second-order valence-corrected chi connectivity index (χ2v) is 7.35. The molecule has 2 aliphatic rings. The monoisotopic (exact) mass is 384 g/mol. The van der Waals surface area contributed by atoms with Crippen LogP contribution in [0.1, 0.15) is 29.2 Å². The van der Waals surface area contributed by atoms with Crippen LogP contribution in [0.25, 0.3) is 0 Å². The van der Waals surface area contributed by atoms with Gasteiger partial charge in [0.2, 0.25) is 12.5 Å². The summed E-state index contributed by atoms with van der Waals surface area (Å²) >= 11 is 0. The quantitative estimate of drug-likeness (QED) is 0.822. The predicted octanol–water partition coefficient (Wildman–Crippen LogP) is 1.75. The molecule has 0 spiro atoms. The lowest BCUT2D eigenvalue weighted by Gasteiger charge is -2.32. The number of quaternary nitrogens is 1. The Morgan fingerprint density at radius 3 is 2.82 bits per heavy atom. The molecule has 0 amide bonds. The Morgan fingerprint density at radius 1 is 1.21 bits per heavy atom. The highest BCUT2D eigenvalue weighted by molar-refractivity contribution is 5.82. The van der Waals surface area contributed by atoms with Gasteiger partial charge in [-0.3, -0.25) is 4.79 Å². The molecule has 28 heavy (non-hydrogen) atoms. The highest BCUT2D eigenvalue weighted by Crippen LogP contribution is 2.47. The molecule has 0 saturated carbocycles. The van der Waals surface area contributed by atoms with Gasteiger partial charge in [0.15, 0.2) is 11.5 Å². The van der Waals surface area contributed by atoms with Gasteiger partial charge in [-0.25, -0.2) is 0 Å². The van der Waals surface area contributed by atoms with Crippen LogP contribution < -0.4 is 23.8 Å². The van der Waals surface area contributed by atoms with Gasteiger partial charge in [-0.15, -0.1) is 0 Å². The van der Waals surface area contributed by atoms with E-state index in [2.05, 4.69) is 7.05 Å². The van der Waals surface area contributed by atoms with Gasteiger partial charge in [0.1, 0.15) is 17.6 Å². The summed E-state index contributed by atoms with van der Waals surface area (Å²) in [6.07, 6.45) is 1.72. The third-order valence-electron chi connectivity index (χ3n) is 5.69. The van der Waals surface area contributed by atoms with Crippen LogP contribution in [0.15, 0.2) is 30.3 Å². The minimum atomic E-state index is 0.0235. The number of hydrogen-bond donors (Lipinski definition) is 1. The first-order valence-electron chi connectivity index (χ1n) is 9.57. The molecule has 2 heterocycles. The normalized spacial score (nSPS) is 19.8. The van der Waals surface area contributed by atoms with E-state index in [-0.39, 0.29) is 18.6 Å². The minimum Gasteiger partial charge on any atom is -0.496 e. The SMILES string of the molecule is COc1ccccc1CC(=O)C[C@@H]1c2c(cc3c(c2OC)OCO3)CC[NH+]1C. The average Bonchev–Trinajstić information content (AvgIpc) is 3.17. The van der Waals surface area contributed by atoms with Crippen molar-refractivity contribution in [1.29, 1.82) is 0 Å². The number of ether oxygens (including phenoxy) is 4. The number of methoxy groups -OCH3 is 2. The molecule has 6 nitrogen and oxygen atoms in total. The van der Waals surface area contributed by atoms with Gasteiger partial charge in [0.05, 0.1) is 39.8 Å². The van der Waals surface area contributed by atoms with Crippen LogP contribution in [-0.4, -0.2) is 40.4 Å². The lowest BCUT2D eigenvalue weighted by molar-refractivity contribution is -0.914. The summed E-state index contributed by atoms with van der Waals surface area (Å²) in [5.41, 5.74) is 3.17. The summed E-state index contributed by atoms with van der Waals surface area (Å²) in [6, 6.07) is 9.75. The number of likely N-dealkylation sites (N-methyl/N-ethyl adjacent to an activating group) is 1. The zero-order valence-electron chi connectivity index (χ0n) is 16.5. The summed E-state index contributed by atoms with van der Waals surface area (Å²) < 4.78 is 22.3. The van der Waals surface area contributed by atoms with Gasteiger partial charge >= 0.3 is 0 Å². The Hall–Kier alpha value is -2.73. The number of ketones is 1. The maximum Gasteiger partial charge on any atom is 0.231 e. The smallest absolute Gasteiger partial charge is 0.231 e. The first kappa shape index (κ1) is 18.6. The number of hydrogen-bond acceptors (Lipinski definition) is 5. The number of nitrogens with one attached hydrogen (secondary N) is 1. The van der Waals surface area contributed by atoms with Crippen LogP contribution in [-0.2, 0) is 17.6 Å². The number of para-hydroxylation sites is 1. The largest absolute Gasteiger partial charge is 0.496 e. The van der Waals surface area contributed by atoms with Crippen molar-refractivity contribution in [3.63, 3.8) is 0 Å². The lowest BCUT2D eigenvalue weighted by atomic mass is 9.87. The molecule has 1 N–H and O–H groups in total. The van der Waals surface area contributed by atoms with Crippen molar-refractivity contribution in [3.8, 4) is 23.0 Å². The number of rotatable bonds is 6. The molecule has 0 aromatic heterocycles. The van der Waals surface area contributed by atoms with Crippen LogP contribution in [0.4, 0.5) is 0 Å². The van der Waals surface area contributed by atoms with E-state index in [0.29, 0.717) is 24.3 Å². The van der Waals surface area contributed by atoms with Crippen LogP contribution >= 0.6 is 0 Å². The van der Waals surface area contributed by atoms with Crippen LogP contribution in [0.5, 0.6) is 23.0 Å². The first-order chi connectivity index (χ1) is 13.6. The third kappa shape index (κ3) is 3.29. The number of carbonyl (C=O) groups excluding carboxylic acids is 1. The van der Waals surface area contributed by atoms with Crippen molar-refractivity contribution in [3.05, 3.63) is 47.0 Å². The summed E-state index contributed by atoms with van der Waals surface area (Å²) in [7, 11) is 5.41. The molecule has 0 radical (unpaired) electrons. The Balaban J connectivity index is 1.63. The van der Waals surface area contributed by atoms with E-state index in [9.17, 15) is 4.79 Å². The second kappa shape index (κ2) is 7.72. The Kier molecular flexibility index (Phi) is 5.13. The van der Waals surface area contributed by atoms with Crippen molar-refractivity contribution < 1.29 is 28.6 Å². The zero-order valence-corrected chi connectivity index (χ0v) is 16.5. The zero-order chi connectivity index (χ0) is 19.7. The fraction of sp³-hybridized carbons (Fsp3) is 0.409. The Bertz CT molecular complexity index is 895. The van der Waals surface area contributed by atoms with Crippen LogP contribution in [0.2, 0.25) is 0 Å². The van der Waals surface area contributed by atoms with Crippen molar-refractivity contribution in [1.82, 2.24) is 0 Å². The number of benzene rings is 2. The van der Waals surface area contributed by atoms with Crippen molar-refractivity contribution in [2.45, 2.75) is 25.3 Å². The predicted molar refractivity (Wildman–Crippen MR) is 104 cm³/mol. The molecule has 2 aromatic carbocycles. The number of carbonyl (C=O) groups is 1. The molecule has 2 aromatic rings. The first-order valence-corrected chi connectivity index (χ1v) is 9.57. The molecule has 1 unspecified atom stereocenters. The van der Waals surface area contributed by atoms with E-state index in [1.54, 1.807) is 14.2 Å². The van der Waals surface area contributed by atoms with E-state index in [1.165, 1.54) is 10.5 Å². The van der Waals surface area contributed by atoms with Crippen molar-refractivity contribution >= 4 is 5.78 Å². The molecule has 6 heteroatoms. The summed E-state index contributed by atoms with van der Waals surface area (Å²) in [5, 5.41) is 0. The van der Waals surface area contributed by atoms with Crippen molar-refractivity contribution in [2.75, 3.05) is 34.6 Å². The fourth-order valence-corrected chi connectivity index (χ4v) is 4.26. The topological polar surface area (TPSA) is 58.4 Å². The number of fused-ring (bicyclic) bond motifs is 2. The molecule has 0 fully saturated rings. The molecule has 0 bridgehead atoms.